The van der Waals surface area contributed by atoms with Crippen molar-refractivity contribution in [2.24, 2.45) is 0 Å². The summed E-state index contributed by atoms with van der Waals surface area (Å²) in [6.07, 6.45) is 0. The summed E-state index contributed by atoms with van der Waals surface area (Å²) < 4.78 is 1.44. The zero-order chi connectivity index (χ0) is 41.4. The van der Waals surface area contributed by atoms with Crippen LogP contribution in [0.4, 0.5) is 34.1 Å². The van der Waals surface area contributed by atoms with Gasteiger partial charge in [-0.2, -0.15) is 0 Å². The van der Waals surface area contributed by atoms with Crippen LogP contribution in [0.25, 0.3) is 10.4 Å². The Morgan fingerprint density at radius 1 is 0.542 bits per heavy atom. The van der Waals surface area contributed by atoms with Crippen LogP contribution >= 0.6 is 11.3 Å². The van der Waals surface area contributed by atoms with Crippen LogP contribution in [0.15, 0.2) is 133 Å². The van der Waals surface area contributed by atoms with Gasteiger partial charge in [-0.1, -0.05) is 160 Å². The molecule has 3 aliphatic rings. The molecule has 7 aromatic rings. The molecule has 0 bridgehead atoms. The molecule has 0 saturated heterocycles. The molecule has 6 aromatic carbocycles. The third kappa shape index (κ3) is 5.66. The second kappa shape index (κ2) is 12.8. The number of thiophene rings is 1. The second-order valence-corrected chi connectivity index (χ2v) is 21.4. The maximum absolute atomic E-state index is 2.65. The molecule has 1 aromatic heterocycles. The number of nitrogens with zero attached hydrogens (tertiary/aromatic N) is 2. The minimum Gasteiger partial charge on any atom is -0.311 e. The summed E-state index contributed by atoms with van der Waals surface area (Å²) in [5, 5.41) is 0. The van der Waals surface area contributed by atoms with Crippen molar-refractivity contribution in [3.63, 3.8) is 0 Å². The Hall–Kier alpha value is -5.32. The lowest BCUT2D eigenvalue weighted by atomic mass is 9.35. The smallest absolute Gasteiger partial charge is 0.264 e. The zero-order valence-electron chi connectivity index (χ0n) is 36.6. The number of hydrogen-bond donors (Lipinski definition) is 0. The van der Waals surface area contributed by atoms with Crippen LogP contribution < -0.4 is 25.5 Å². The van der Waals surface area contributed by atoms with Gasteiger partial charge in [-0.05, 0) is 110 Å². The minimum atomic E-state index is -0.167. The predicted molar refractivity (Wildman–Crippen MR) is 257 cm³/mol. The monoisotopic (exact) mass is 786 g/mol. The maximum Gasteiger partial charge on any atom is 0.264 e. The van der Waals surface area contributed by atoms with Crippen molar-refractivity contribution in [3.05, 3.63) is 172 Å². The van der Waals surface area contributed by atoms with Crippen LogP contribution in [-0.4, -0.2) is 6.71 Å². The van der Waals surface area contributed by atoms with E-state index in [1.54, 1.807) is 0 Å². The number of fused-ring (bicyclic) bond motifs is 8. The standard InChI is InChI=1S/C55H55BN2S/c1-34-31-45-48-46(32-34)58(40-28-23-37(24-29-40)54(8,9)36-17-13-12-14-18-36)49-47-50(41-19-15-16-20-42(41)55(47,10)11)59-51(49)56(48)43-33-38(53(5,6)7)25-30-44(43)57(45)39-26-21-35(22-27-39)52(2,3)4/h12-33H,1-11H3. The molecule has 294 valence electrons. The highest BCUT2D eigenvalue weighted by Gasteiger charge is 2.50. The lowest BCUT2D eigenvalue weighted by molar-refractivity contribution is 0.590. The molecule has 2 nitrogen and oxygen atoms in total. The molecule has 2 aliphatic heterocycles. The molecule has 0 fully saturated rings. The summed E-state index contributed by atoms with van der Waals surface area (Å²) in [5.41, 5.74) is 21.0. The first-order valence-electron chi connectivity index (χ1n) is 21.4. The first kappa shape index (κ1) is 37.9. The van der Waals surface area contributed by atoms with E-state index < -0.39 is 0 Å². The molecule has 1 aliphatic carbocycles. The van der Waals surface area contributed by atoms with Gasteiger partial charge in [-0.25, -0.2) is 0 Å². The minimum absolute atomic E-state index is 0.00153. The summed E-state index contributed by atoms with van der Waals surface area (Å²) in [6.45, 7) is 25.9. The van der Waals surface area contributed by atoms with Crippen LogP contribution in [0, 0.1) is 6.92 Å². The van der Waals surface area contributed by atoms with E-state index in [0.29, 0.717) is 0 Å². The molecular formula is C55H55BN2S. The van der Waals surface area contributed by atoms with Gasteiger partial charge in [0.1, 0.15) is 0 Å². The van der Waals surface area contributed by atoms with Crippen molar-refractivity contribution in [2.75, 3.05) is 9.80 Å². The van der Waals surface area contributed by atoms with Gasteiger partial charge in [-0.15, -0.1) is 11.3 Å². The molecule has 10 rings (SSSR count). The van der Waals surface area contributed by atoms with Gasteiger partial charge in [-0.3, -0.25) is 0 Å². The fourth-order valence-corrected chi connectivity index (χ4v) is 11.9. The summed E-state index contributed by atoms with van der Waals surface area (Å²) in [7, 11) is 0. The summed E-state index contributed by atoms with van der Waals surface area (Å²) >= 11 is 2.03. The fourth-order valence-electron chi connectivity index (χ4n) is 10.3. The van der Waals surface area contributed by atoms with Crippen molar-refractivity contribution in [1.29, 1.82) is 0 Å². The van der Waals surface area contributed by atoms with Crippen molar-refractivity contribution in [1.82, 2.24) is 0 Å². The van der Waals surface area contributed by atoms with Gasteiger partial charge in [0.15, 0.2) is 0 Å². The normalized spacial score (nSPS) is 15.1. The Labute approximate surface area is 356 Å². The molecule has 3 heterocycles. The predicted octanol–water partition coefficient (Wildman–Crippen LogP) is 13.4. The van der Waals surface area contributed by atoms with Gasteiger partial charge in [0.05, 0.1) is 5.69 Å². The quantitative estimate of drug-likeness (QED) is 0.164. The Morgan fingerprint density at radius 3 is 1.73 bits per heavy atom. The summed E-state index contributed by atoms with van der Waals surface area (Å²) in [4.78, 5) is 6.63. The van der Waals surface area contributed by atoms with Crippen LogP contribution in [0.3, 0.4) is 0 Å². The van der Waals surface area contributed by atoms with Crippen molar-refractivity contribution < 1.29 is 0 Å². The fraction of sp³-hybridized carbons (Fsp3) is 0.273. The van der Waals surface area contributed by atoms with E-state index in [-0.39, 0.29) is 28.4 Å². The van der Waals surface area contributed by atoms with Crippen LogP contribution in [0.2, 0.25) is 0 Å². The molecule has 59 heavy (non-hydrogen) atoms. The highest BCUT2D eigenvalue weighted by Crippen LogP contribution is 2.58. The lowest BCUT2D eigenvalue weighted by Gasteiger charge is -2.44. The number of anilines is 6. The first-order valence-corrected chi connectivity index (χ1v) is 22.2. The van der Waals surface area contributed by atoms with Crippen molar-refractivity contribution in [2.45, 2.75) is 97.8 Å². The van der Waals surface area contributed by atoms with Gasteiger partial charge in [0.25, 0.3) is 6.71 Å². The Kier molecular flexibility index (Phi) is 8.25. The third-order valence-electron chi connectivity index (χ3n) is 13.7. The Balaban J connectivity index is 1.27. The highest BCUT2D eigenvalue weighted by molar-refractivity contribution is 7.31. The molecule has 4 heteroatoms. The van der Waals surface area contributed by atoms with Gasteiger partial charge < -0.3 is 9.80 Å². The first-order chi connectivity index (χ1) is 28.0. The maximum atomic E-state index is 2.65. The van der Waals surface area contributed by atoms with E-state index in [9.17, 15) is 0 Å². The van der Waals surface area contributed by atoms with Gasteiger partial charge in [0.2, 0.25) is 0 Å². The second-order valence-electron chi connectivity index (χ2n) is 20.4. The Bertz CT molecular complexity index is 2790. The number of benzene rings is 6. The molecule has 0 atom stereocenters. The number of rotatable bonds is 4. The molecule has 0 saturated carbocycles. The highest BCUT2D eigenvalue weighted by atomic mass is 32.1. The molecule has 0 N–H and O–H groups in total. The molecule has 0 radical (unpaired) electrons. The van der Waals surface area contributed by atoms with Crippen LogP contribution in [0.5, 0.6) is 0 Å². The third-order valence-corrected chi connectivity index (χ3v) is 15.0. The van der Waals surface area contributed by atoms with Crippen molar-refractivity contribution in [3.8, 4) is 10.4 Å². The van der Waals surface area contributed by atoms with E-state index in [0.717, 1.165) is 0 Å². The van der Waals surface area contributed by atoms with Gasteiger partial charge >= 0.3 is 0 Å². The zero-order valence-corrected chi connectivity index (χ0v) is 37.4. The van der Waals surface area contributed by atoms with E-state index in [2.05, 4.69) is 219 Å². The van der Waals surface area contributed by atoms with E-state index in [1.807, 2.05) is 11.3 Å². The average Bonchev–Trinajstić information content (AvgIpc) is 3.70. The van der Waals surface area contributed by atoms with Gasteiger partial charge in [0, 0.05) is 54.5 Å². The number of aryl methyl sites for hydroxylation is 1. The van der Waals surface area contributed by atoms with Crippen LogP contribution in [-0.2, 0) is 21.7 Å². The summed E-state index contributed by atoms with van der Waals surface area (Å²) in [6, 6.07) is 51.2. The van der Waals surface area contributed by atoms with Crippen molar-refractivity contribution >= 4 is 67.9 Å². The Morgan fingerprint density at radius 2 is 1.08 bits per heavy atom. The molecule has 0 unspecified atom stereocenters. The largest absolute Gasteiger partial charge is 0.311 e. The number of hydrogen-bond acceptors (Lipinski definition) is 3. The van der Waals surface area contributed by atoms with E-state index >= 15 is 0 Å². The van der Waals surface area contributed by atoms with E-state index in [1.165, 1.54) is 99.2 Å². The topological polar surface area (TPSA) is 6.48 Å². The lowest BCUT2D eigenvalue weighted by Crippen LogP contribution is -2.61. The molecular weight excluding hydrogens is 731 g/mol. The molecule has 0 spiro atoms. The van der Waals surface area contributed by atoms with E-state index in [4.69, 9.17) is 0 Å². The van der Waals surface area contributed by atoms with Crippen LogP contribution in [0.1, 0.15) is 108 Å². The summed E-state index contributed by atoms with van der Waals surface area (Å²) in [5.74, 6) is 0. The SMILES string of the molecule is Cc1cc2c3c(c1)N(c1ccc(C(C)(C)c4ccccc4)cc1)c1c(sc4c1C(C)(C)c1ccccc1-4)B3c1cc(C(C)(C)C)ccc1N2c1ccc(C(C)(C)C)cc1. The molecule has 0 amide bonds. The average molecular weight is 787 g/mol.